The summed E-state index contributed by atoms with van der Waals surface area (Å²) in [6.07, 6.45) is 3.58. The number of hydrogen-bond acceptors (Lipinski definition) is 3. The van der Waals surface area contributed by atoms with Crippen LogP contribution in [0.2, 0.25) is 0 Å². The number of carbonyl (C=O) groups excluding carboxylic acids is 2. The van der Waals surface area contributed by atoms with Crippen LogP contribution in [0.3, 0.4) is 0 Å². The van der Waals surface area contributed by atoms with E-state index in [0.717, 1.165) is 28.4 Å². The van der Waals surface area contributed by atoms with E-state index in [2.05, 4.69) is 33.4 Å². The molecule has 26 heavy (non-hydrogen) atoms. The van der Waals surface area contributed by atoms with Gasteiger partial charge in [-0.1, -0.05) is 46.3 Å². The molecule has 0 unspecified atom stereocenters. The predicted octanol–water partition coefficient (Wildman–Crippen LogP) is 3.90. The van der Waals surface area contributed by atoms with E-state index in [9.17, 15) is 9.59 Å². The fourth-order valence-electron chi connectivity index (χ4n) is 3.22. The molecule has 1 aliphatic carbocycles. The Hall–Kier alpha value is -2.14. The first kappa shape index (κ1) is 18.6. The zero-order valence-corrected chi connectivity index (χ0v) is 16.3. The lowest BCUT2D eigenvalue weighted by molar-refractivity contribution is -0.148. The second-order valence-corrected chi connectivity index (χ2v) is 7.55. The molecule has 0 aliphatic heterocycles. The van der Waals surface area contributed by atoms with Gasteiger partial charge >= 0.3 is 5.97 Å². The quantitative estimate of drug-likeness (QED) is 0.727. The fourth-order valence-corrected chi connectivity index (χ4v) is 3.48. The number of aryl methyl sites for hydroxylation is 2. The minimum Gasteiger partial charge on any atom is -0.455 e. The van der Waals surface area contributed by atoms with Crippen molar-refractivity contribution in [3.05, 3.63) is 69.2 Å². The Bertz CT molecular complexity index is 801. The van der Waals surface area contributed by atoms with E-state index in [1.54, 1.807) is 0 Å². The van der Waals surface area contributed by atoms with Gasteiger partial charge in [-0.15, -0.1) is 0 Å². The third kappa shape index (κ3) is 4.94. The second kappa shape index (κ2) is 8.49. The van der Waals surface area contributed by atoms with Crippen LogP contribution in [0.25, 0.3) is 0 Å². The van der Waals surface area contributed by atoms with Crippen LogP contribution >= 0.6 is 15.9 Å². The predicted molar refractivity (Wildman–Crippen MR) is 104 cm³/mol. The van der Waals surface area contributed by atoms with Gasteiger partial charge in [0.1, 0.15) is 0 Å². The summed E-state index contributed by atoms with van der Waals surface area (Å²) in [4.78, 5) is 24.0. The molecule has 2 aromatic carbocycles. The first-order valence-corrected chi connectivity index (χ1v) is 9.61. The van der Waals surface area contributed by atoms with Gasteiger partial charge in [0, 0.05) is 4.47 Å². The van der Waals surface area contributed by atoms with Gasteiger partial charge in [0.15, 0.2) is 6.61 Å². The summed E-state index contributed by atoms with van der Waals surface area (Å²) >= 11 is 3.38. The number of nitrogens with one attached hydrogen (secondary N) is 1. The van der Waals surface area contributed by atoms with Crippen LogP contribution in [0.4, 0.5) is 0 Å². The SMILES string of the molecule is C[C@H](NC(=O)COC(=O)Cc1ccc2c(c1)CCC2)c1ccc(Br)cc1. The molecule has 0 aromatic heterocycles. The number of benzene rings is 2. The van der Waals surface area contributed by atoms with Crippen LogP contribution in [0.5, 0.6) is 0 Å². The van der Waals surface area contributed by atoms with E-state index >= 15 is 0 Å². The Balaban J connectivity index is 1.45. The molecule has 0 radical (unpaired) electrons. The van der Waals surface area contributed by atoms with Crippen molar-refractivity contribution in [1.29, 1.82) is 0 Å². The fraction of sp³-hybridized carbons (Fsp3) is 0.333. The molecule has 0 bridgehead atoms. The molecule has 0 spiro atoms. The summed E-state index contributed by atoms with van der Waals surface area (Å²) in [5, 5.41) is 2.84. The van der Waals surface area contributed by atoms with E-state index in [1.165, 1.54) is 17.5 Å². The van der Waals surface area contributed by atoms with Gasteiger partial charge in [0.25, 0.3) is 5.91 Å². The molecule has 0 heterocycles. The summed E-state index contributed by atoms with van der Waals surface area (Å²) in [5.74, 6) is -0.683. The molecular formula is C21H22BrNO3. The number of fused-ring (bicyclic) bond motifs is 1. The highest BCUT2D eigenvalue weighted by Gasteiger charge is 2.14. The van der Waals surface area contributed by atoms with Crippen molar-refractivity contribution in [3.63, 3.8) is 0 Å². The standard InChI is InChI=1S/C21H22BrNO3/c1-14(16-7-9-19(22)10-8-16)23-20(24)13-26-21(25)12-15-5-6-17-3-2-4-18(17)11-15/h5-11,14H,2-4,12-13H2,1H3,(H,23,24)/t14-/m0/s1. The van der Waals surface area contributed by atoms with Gasteiger partial charge in [-0.25, -0.2) is 0 Å². The van der Waals surface area contributed by atoms with Crippen molar-refractivity contribution in [2.75, 3.05) is 6.61 Å². The molecule has 0 saturated carbocycles. The normalized spacial score (nSPS) is 13.8. The second-order valence-electron chi connectivity index (χ2n) is 6.63. The first-order valence-electron chi connectivity index (χ1n) is 8.82. The highest BCUT2D eigenvalue weighted by Crippen LogP contribution is 2.23. The monoisotopic (exact) mass is 415 g/mol. The molecule has 1 atom stereocenters. The maximum atomic E-state index is 12.0. The summed E-state index contributed by atoms with van der Waals surface area (Å²) in [6, 6.07) is 13.7. The van der Waals surface area contributed by atoms with Crippen LogP contribution < -0.4 is 5.32 Å². The number of carbonyl (C=O) groups is 2. The van der Waals surface area contributed by atoms with Crippen molar-refractivity contribution in [1.82, 2.24) is 5.32 Å². The van der Waals surface area contributed by atoms with E-state index in [1.807, 2.05) is 37.3 Å². The van der Waals surface area contributed by atoms with Crippen LogP contribution in [0.15, 0.2) is 46.9 Å². The molecule has 1 aliphatic rings. The molecule has 0 saturated heterocycles. The highest BCUT2D eigenvalue weighted by atomic mass is 79.9. The first-order chi connectivity index (χ1) is 12.5. The largest absolute Gasteiger partial charge is 0.455 e. The summed E-state index contributed by atoms with van der Waals surface area (Å²) in [5.41, 5.74) is 4.64. The van der Waals surface area contributed by atoms with Gasteiger partial charge in [-0.2, -0.15) is 0 Å². The number of ether oxygens (including phenoxy) is 1. The van der Waals surface area contributed by atoms with Crippen molar-refractivity contribution in [2.45, 2.75) is 38.6 Å². The van der Waals surface area contributed by atoms with Crippen LogP contribution in [0, 0.1) is 0 Å². The Morgan fingerprint density at radius 1 is 1.12 bits per heavy atom. The lowest BCUT2D eigenvalue weighted by Crippen LogP contribution is -2.31. The maximum Gasteiger partial charge on any atom is 0.310 e. The van der Waals surface area contributed by atoms with Gasteiger partial charge in [0.05, 0.1) is 12.5 Å². The van der Waals surface area contributed by atoms with E-state index < -0.39 is 0 Å². The van der Waals surface area contributed by atoms with E-state index in [0.29, 0.717) is 0 Å². The van der Waals surface area contributed by atoms with Crippen molar-refractivity contribution < 1.29 is 14.3 Å². The van der Waals surface area contributed by atoms with Crippen molar-refractivity contribution >= 4 is 27.8 Å². The number of rotatable bonds is 6. The molecule has 136 valence electrons. The zero-order chi connectivity index (χ0) is 18.5. The molecular weight excluding hydrogens is 394 g/mol. The zero-order valence-electron chi connectivity index (χ0n) is 14.8. The molecule has 2 aromatic rings. The summed E-state index contributed by atoms with van der Waals surface area (Å²) in [6.45, 7) is 1.64. The van der Waals surface area contributed by atoms with Crippen LogP contribution in [0.1, 0.15) is 41.6 Å². The third-order valence-electron chi connectivity index (χ3n) is 4.62. The molecule has 3 rings (SSSR count). The third-order valence-corrected chi connectivity index (χ3v) is 5.15. The number of esters is 1. The minimum absolute atomic E-state index is 0.147. The molecule has 5 heteroatoms. The average molecular weight is 416 g/mol. The van der Waals surface area contributed by atoms with Crippen LogP contribution in [-0.2, 0) is 33.6 Å². The Kier molecular flexibility index (Phi) is 6.09. The Morgan fingerprint density at radius 3 is 2.62 bits per heavy atom. The van der Waals surface area contributed by atoms with Crippen molar-refractivity contribution in [3.8, 4) is 0 Å². The summed E-state index contributed by atoms with van der Waals surface area (Å²) in [7, 11) is 0. The van der Waals surface area contributed by atoms with Gasteiger partial charge in [-0.3, -0.25) is 9.59 Å². The van der Waals surface area contributed by atoms with Gasteiger partial charge in [-0.05, 0) is 60.6 Å². The highest BCUT2D eigenvalue weighted by molar-refractivity contribution is 9.10. The molecule has 4 nitrogen and oxygen atoms in total. The number of hydrogen-bond donors (Lipinski definition) is 1. The summed E-state index contributed by atoms with van der Waals surface area (Å²) < 4.78 is 6.11. The van der Waals surface area contributed by atoms with E-state index in [-0.39, 0.29) is 30.9 Å². The van der Waals surface area contributed by atoms with Gasteiger partial charge in [0.2, 0.25) is 0 Å². The molecule has 1 amide bonds. The van der Waals surface area contributed by atoms with Gasteiger partial charge < -0.3 is 10.1 Å². The lowest BCUT2D eigenvalue weighted by atomic mass is 10.0. The molecule has 0 fully saturated rings. The lowest BCUT2D eigenvalue weighted by Gasteiger charge is -2.14. The topological polar surface area (TPSA) is 55.4 Å². The maximum absolute atomic E-state index is 12.0. The van der Waals surface area contributed by atoms with Crippen molar-refractivity contribution in [2.24, 2.45) is 0 Å². The Labute approximate surface area is 162 Å². The smallest absolute Gasteiger partial charge is 0.310 e. The average Bonchev–Trinajstić information content (AvgIpc) is 3.08. The minimum atomic E-state index is -0.380. The van der Waals surface area contributed by atoms with E-state index in [4.69, 9.17) is 4.74 Å². The van der Waals surface area contributed by atoms with Crippen LogP contribution in [-0.4, -0.2) is 18.5 Å². The molecule has 1 N–H and O–H groups in total. The Morgan fingerprint density at radius 2 is 1.85 bits per heavy atom. The number of halogens is 1. The number of amides is 1.